The van der Waals surface area contributed by atoms with Gasteiger partial charge in [0.2, 0.25) is 0 Å². The van der Waals surface area contributed by atoms with Gasteiger partial charge >= 0.3 is 0 Å². The molecule has 1 N–H and O–H groups in total. The van der Waals surface area contributed by atoms with Crippen molar-refractivity contribution in [2.24, 2.45) is 0 Å². The molecule has 12 heavy (non-hydrogen) atoms. The van der Waals surface area contributed by atoms with Crippen LogP contribution in [-0.2, 0) is 0 Å². The maximum absolute atomic E-state index is 8.24. The van der Waals surface area contributed by atoms with Crippen molar-refractivity contribution in [2.45, 2.75) is 32.6 Å². The van der Waals surface area contributed by atoms with Gasteiger partial charge in [-0.2, -0.15) is 5.26 Å². The molecular formula is C10H18N2. The van der Waals surface area contributed by atoms with E-state index in [0.717, 1.165) is 25.9 Å². The van der Waals surface area contributed by atoms with E-state index in [1.54, 1.807) is 0 Å². The van der Waals surface area contributed by atoms with Crippen LogP contribution in [0.15, 0.2) is 12.2 Å². The molecule has 0 aliphatic rings. The summed E-state index contributed by atoms with van der Waals surface area (Å²) in [5, 5.41) is 11.4. The number of hydrogen-bond acceptors (Lipinski definition) is 2. The van der Waals surface area contributed by atoms with E-state index in [4.69, 9.17) is 5.26 Å². The Balaban J connectivity index is 2.92. The van der Waals surface area contributed by atoms with Crippen molar-refractivity contribution in [1.29, 1.82) is 5.26 Å². The zero-order valence-electron chi connectivity index (χ0n) is 7.84. The third-order valence-corrected chi connectivity index (χ3v) is 1.54. The fourth-order valence-electron chi connectivity index (χ4n) is 0.899. The largest absolute Gasteiger partial charge is 0.316 e. The van der Waals surface area contributed by atoms with Gasteiger partial charge in [0.15, 0.2) is 0 Å². The van der Waals surface area contributed by atoms with Crippen molar-refractivity contribution in [1.82, 2.24) is 5.32 Å². The number of unbranched alkanes of at least 4 members (excludes halogenated alkanes) is 1. The Labute approximate surface area is 75.3 Å². The summed E-state index contributed by atoms with van der Waals surface area (Å²) in [5.41, 5.74) is 0. The second kappa shape index (κ2) is 10.2. The number of rotatable bonds is 7. The van der Waals surface area contributed by atoms with Crippen molar-refractivity contribution in [2.75, 3.05) is 13.1 Å². The smallest absolute Gasteiger partial charge is 0.0635 e. The van der Waals surface area contributed by atoms with E-state index in [1.165, 1.54) is 6.42 Å². The molecular weight excluding hydrogens is 148 g/mol. The zero-order chi connectivity index (χ0) is 9.07. The highest BCUT2D eigenvalue weighted by molar-refractivity contribution is 4.80. The first kappa shape index (κ1) is 11.2. The average molecular weight is 166 g/mol. The van der Waals surface area contributed by atoms with Crippen molar-refractivity contribution in [3.8, 4) is 6.07 Å². The first-order valence-electron chi connectivity index (χ1n) is 4.64. The molecule has 0 fully saturated rings. The summed E-state index contributed by atoms with van der Waals surface area (Å²) >= 11 is 0. The van der Waals surface area contributed by atoms with Crippen molar-refractivity contribution >= 4 is 0 Å². The molecule has 2 nitrogen and oxygen atoms in total. The fraction of sp³-hybridized carbons (Fsp3) is 0.700. The lowest BCUT2D eigenvalue weighted by Crippen LogP contribution is -2.15. The van der Waals surface area contributed by atoms with E-state index < -0.39 is 0 Å². The highest BCUT2D eigenvalue weighted by atomic mass is 14.8. The molecule has 0 spiro atoms. The molecule has 2 heteroatoms. The Bertz CT molecular complexity index is 144. The maximum Gasteiger partial charge on any atom is 0.0635 e. The summed E-state index contributed by atoms with van der Waals surface area (Å²) in [5.74, 6) is 0. The second-order valence-corrected chi connectivity index (χ2v) is 2.68. The molecule has 0 amide bonds. The molecule has 0 aliphatic heterocycles. The molecule has 0 saturated heterocycles. The zero-order valence-corrected chi connectivity index (χ0v) is 7.84. The summed E-state index contributed by atoms with van der Waals surface area (Å²) in [4.78, 5) is 0. The van der Waals surface area contributed by atoms with Gasteiger partial charge in [0.05, 0.1) is 6.07 Å². The number of hydrogen-bond donors (Lipinski definition) is 1. The first-order chi connectivity index (χ1) is 5.91. The van der Waals surface area contributed by atoms with Crippen LogP contribution in [0.4, 0.5) is 0 Å². The lowest BCUT2D eigenvalue weighted by molar-refractivity contribution is 0.660. The van der Waals surface area contributed by atoms with Gasteiger partial charge in [-0.3, -0.25) is 0 Å². The molecule has 0 bridgehead atoms. The lowest BCUT2D eigenvalue weighted by Gasteiger charge is -1.98. The minimum absolute atomic E-state index is 0.616. The molecule has 0 saturated carbocycles. The monoisotopic (exact) mass is 166 g/mol. The average Bonchev–Trinajstić information content (AvgIpc) is 2.10. The highest BCUT2D eigenvalue weighted by Crippen LogP contribution is 1.90. The predicted molar refractivity (Wildman–Crippen MR) is 51.8 cm³/mol. The Morgan fingerprint density at radius 3 is 2.83 bits per heavy atom. The van der Waals surface area contributed by atoms with Crippen LogP contribution in [0.3, 0.4) is 0 Å². The SMILES string of the molecule is CC/C=C/CCCNCCC#N. The number of nitrogens with one attached hydrogen (secondary N) is 1. The van der Waals surface area contributed by atoms with E-state index in [2.05, 4.69) is 30.5 Å². The molecule has 68 valence electrons. The number of nitriles is 1. The molecule has 0 aromatic rings. The van der Waals surface area contributed by atoms with Crippen LogP contribution in [0.5, 0.6) is 0 Å². The molecule has 0 aliphatic carbocycles. The summed E-state index contributed by atoms with van der Waals surface area (Å²) in [6, 6.07) is 2.10. The normalized spacial score (nSPS) is 10.3. The Hall–Kier alpha value is -0.810. The molecule has 0 aromatic heterocycles. The molecule has 0 rings (SSSR count). The molecule has 0 radical (unpaired) electrons. The first-order valence-corrected chi connectivity index (χ1v) is 4.64. The molecule has 0 atom stereocenters. The van der Waals surface area contributed by atoms with Crippen LogP contribution < -0.4 is 5.32 Å². The second-order valence-electron chi connectivity index (χ2n) is 2.68. The van der Waals surface area contributed by atoms with Crippen molar-refractivity contribution in [3.63, 3.8) is 0 Å². The van der Waals surface area contributed by atoms with E-state index in [-0.39, 0.29) is 0 Å². The lowest BCUT2D eigenvalue weighted by atomic mass is 10.2. The predicted octanol–water partition coefficient (Wildman–Crippen LogP) is 2.24. The number of allylic oxidation sites excluding steroid dienone is 2. The van der Waals surface area contributed by atoms with Crippen LogP contribution in [0, 0.1) is 11.3 Å². The number of nitrogens with zero attached hydrogens (tertiary/aromatic N) is 1. The van der Waals surface area contributed by atoms with Crippen LogP contribution >= 0.6 is 0 Å². The van der Waals surface area contributed by atoms with Crippen molar-refractivity contribution in [3.05, 3.63) is 12.2 Å². The minimum atomic E-state index is 0.616. The molecule has 0 unspecified atom stereocenters. The van der Waals surface area contributed by atoms with Gasteiger partial charge < -0.3 is 5.32 Å². The Morgan fingerprint density at radius 2 is 2.17 bits per heavy atom. The van der Waals surface area contributed by atoms with Gasteiger partial charge in [-0.1, -0.05) is 19.1 Å². The van der Waals surface area contributed by atoms with Crippen LogP contribution in [0.2, 0.25) is 0 Å². The minimum Gasteiger partial charge on any atom is -0.316 e. The Kier molecular flexibility index (Phi) is 9.50. The third-order valence-electron chi connectivity index (χ3n) is 1.54. The topological polar surface area (TPSA) is 35.8 Å². The summed E-state index contributed by atoms with van der Waals surface area (Å²) in [6.07, 6.45) is 8.46. The van der Waals surface area contributed by atoms with Crippen LogP contribution in [-0.4, -0.2) is 13.1 Å². The van der Waals surface area contributed by atoms with Gasteiger partial charge in [-0.05, 0) is 25.8 Å². The van der Waals surface area contributed by atoms with E-state index in [0.29, 0.717) is 6.42 Å². The van der Waals surface area contributed by atoms with Gasteiger partial charge in [0.25, 0.3) is 0 Å². The Morgan fingerprint density at radius 1 is 1.33 bits per heavy atom. The summed E-state index contributed by atoms with van der Waals surface area (Å²) < 4.78 is 0. The summed E-state index contributed by atoms with van der Waals surface area (Å²) in [7, 11) is 0. The fourth-order valence-corrected chi connectivity index (χ4v) is 0.899. The van der Waals surface area contributed by atoms with Gasteiger partial charge in [0, 0.05) is 13.0 Å². The van der Waals surface area contributed by atoms with Crippen molar-refractivity contribution < 1.29 is 0 Å². The third kappa shape index (κ3) is 9.19. The highest BCUT2D eigenvalue weighted by Gasteiger charge is 1.84. The van der Waals surface area contributed by atoms with Crippen LogP contribution in [0.25, 0.3) is 0 Å². The quantitative estimate of drug-likeness (QED) is 0.465. The van der Waals surface area contributed by atoms with Gasteiger partial charge in [-0.15, -0.1) is 0 Å². The summed E-state index contributed by atoms with van der Waals surface area (Å²) in [6.45, 7) is 3.99. The van der Waals surface area contributed by atoms with Crippen LogP contribution in [0.1, 0.15) is 32.6 Å². The van der Waals surface area contributed by atoms with E-state index in [1.807, 2.05) is 0 Å². The van der Waals surface area contributed by atoms with E-state index in [9.17, 15) is 0 Å². The molecule has 0 heterocycles. The van der Waals surface area contributed by atoms with E-state index >= 15 is 0 Å². The standard InChI is InChI=1S/C10H18N2/c1-2-3-4-5-6-9-12-10-7-8-11/h3-4,12H,2,5-7,9-10H2,1H3/b4-3+. The molecule has 0 aromatic carbocycles. The maximum atomic E-state index is 8.24. The van der Waals surface area contributed by atoms with Gasteiger partial charge in [0.1, 0.15) is 0 Å². The van der Waals surface area contributed by atoms with Gasteiger partial charge in [-0.25, -0.2) is 0 Å².